The quantitative estimate of drug-likeness (QED) is 0.498. The van der Waals surface area contributed by atoms with E-state index in [0.29, 0.717) is 22.6 Å². The number of hydrogen-bond donors (Lipinski definition) is 1. The first-order valence-electron chi connectivity index (χ1n) is 12.2. The van der Waals surface area contributed by atoms with E-state index in [1.165, 1.54) is 30.5 Å². The summed E-state index contributed by atoms with van der Waals surface area (Å²) < 4.78 is 21.4. The van der Waals surface area contributed by atoms with Crippen molar-refractivity contribution in [3.05, 3.63) is 46.1 Å². The Hall–Kier alpha value is -1.88. The molecule has 0 radical (unpaired) electrons. The van der Waals surface area contributed by atoms with Gasteiger partial charge in [-0.2, -0.15) is 0 Å². The zero-order valence-electron chi connectivity index (χ0n) is 19.7. The molecule has 1 aromatic heterocycles. The largest absolute Gasteiger partial charge is 0.379 e. The van der Waals surface area contributed by atoms with Crippen molar-refractivity contribution in [3.8, 4) is 0 Å². The van der Waals surface area contributed by atoms with Gasteiger partial charge in [0.2, 0.25) is 0 Å². The lowest BCUT2D eigenvalue weighted by Gasteiger charge is -2.38. The molecule has 2 aliphatic carbocycles. The smallest absolute Gasteiger partial charge is 0.326 e. The average Bonchev–Trinajstić information content (AvgIpc) is 2.92. The Labute approximate surface area is 188 Å². The molecular weight excluding hydrogens is 391 g/mol. The maximum Gasteiger partial charge on any atom is 0.326 e. The topological polar surface area (TPSA) is 47.0 Å². The van der Waals surface area contributed by atoms with Gasteiger partial charge in [0, 0.05) is 15.5 Å². The second-order valence-electron chi connectivity index (χ2n) is 9.24. The van der Waals surface area contributed by atoms with Crippen LogP contribution in [-0.2, 0) is 4.74 Å². The molecule has 1 heterocycles. The molecule has 0 amide bonds. The molecule has 0 spiro atoms. The number of nitrogens with one attached hydrogen (secondary N) is 1. The summed E-state index contributed by atoms with van der Waals surface area (Å²) in [7, 11) is 0. The molecule has 1 fully saturated rings. The van der Waals surface area contributed by atoms with E-state index >= 15 is 0 Å². The number of aromatic nitrogens is 2. The van der Waals surface area contributed by atoms with Gasteiger partial charge in [-0.1, -0.05) is 32.4 Å². The van der Waals surface area contributed by atoms with Crippen LogP contribution in [0.15, 0.2) is 34.6 Å². The lowest BCUT2D eigenvalue weighted by Crippen LogP contribution is -2.29. The highest BCUT2D eigenvalue weighted by molar-refractivity contribution is 5.75. The molecule has 31 heavy (non-hydrogen) atoms. The summed E-state index contributed by atoms with van der Waals surface area (Å²) in [6.45, 7) is 9.31. The fourth-order valence-corrected chi connectivity index (χ4v) is 5.37. The van der Waals surface area contributed by atoms with E-state index in [9.17, 15) is 9.18 Å². The predicted octanol–water partition coefficient (Wildman–Crippen LogP) is 7.40. The molecule has 0 bridgehead atoms. The number of aromatic amines is 1. The van der Waals surface area contributed by atoms with E-state index in [-0.39, 0.29) is 20.4 Å². The van der Waals surface area contributed by atoms with Gasteiger partial charge in [-0.15, -0.1) is 0 Å². The van der Waals surface area contributed by atoms with E-state index in [2.05, 4.69) is 24.9 Å². The number of halogens is 1. The Balaban J connectivity index is 0.00000133. The molecule has 5 heteroatoms. The molecule has 2 aromatic rings. The molecule has 0 aliphatic heterocycles. The van der Waals surface area contributed by atoms with E-state index in [4.69, 9.17) is 4.74 Å². The monoisotopic (exact) mass is 434 g/mol. The highest BCUT2D eigenvalue weighted by Crippen LogP contribution is 2.43. The van der Waals surface area contributed by atoms with Crippen molar-refractivity contribution in [3.63, 3.8) is 0 Å². The van der Waals surface area contributed by atoms with Crippen LogP contribution in [0.5, 0.6) is 0 Å². The summed E-state index contributed by atoms with van der Waals surface area (Å²) in [6, 6.07) is 4.65. The van der Waals surface area contributed by atoms with Gasteiger partial charge in [-0.05, 0) is 88.3 Å². The molecular formula is C26H43FN2O2. The molecule has 4 nitrogen and oxygen atoms in total. The Morgan fingerprint density at radius 1 is 1.23 bits per heavy atom. The van der Waals surface area contributed by atoms with Gasteiger partial charge in [-0.25, -0.2) is 9.18 Å². The zero-order chi connectivity index (χ0) is 22.4. The lowest BCUT2D eigenvalue weighted by atomic mass is 9.70. The maximum atomic E-state index is 13.8. The van der Waals surface area contributed by atoms with Crippen LogP contribution in [0.3, 0.4) is 0 Å². The van der Waals surface area contributed by atoms with Crippen molar-refractivity contribution in [2.45, 2.75) is 97.6 Å². The number of imidazole rings is 1. The highest BCUT2D eigenvalue weighted by Gasteiger charge is 2.32. The summed E-state index contributed by atoms with van der Waals surface area (Å²) in [4.78, 5) is 15.4. The van der Waals surface area contributed by atoms with Crippen LogP contribution >= 0.6 is 0 Å². The second kappa shape index (κ2) is 10.6. The van der Waals surface area contributed by atoms with Gasteiger partial charge in [0.15, 0.2) is 0 Å². The van der Waals surface area contributed by atoms with Crippen molar-refractivity contribution in [1.29, 1.82) is 0 Å². The molecule has 1 atom stereocenters. The standard InChI is InChI=1S/C24H33FN2O2.C2H6.2H2/c1-3-29-20-11-13-24(2,14-12-20)16-17-5-4-6-19(9-7-17)27-22-15-18(25)8-10-21(22)26-23(27)28;1-2;;/h5,8,10,15,19-20H,3-4,6-7,9,11-14,16H2,1-2H3,(H,26,28);1-2H3;2*1H. The molecule has 2 aliphatic rings. The number of ether oxygens (including phenoxy) is 1. The van der Waals surface area contributed by atoms with Crippen molar-refractivity contribution in [1.82, 2.24) is 9.55 Å². The first-order valence-corrected chi connectivity index (χ1v) is 12.2. The Morgan fingerprint density at radius 2 is 1.97 bits per heavy atom. The summed E-state index contributed by atoms with van der Waals surface area (Å²) in [5.74, 6) is -0.298. The van der Waals surface area contributed by atoms with Crippen LogP contribution in [-0.4, -0.2) is 22.3 Å². The number of fused-ring (bicyclic) bond motifs is 1. The number of rotatable bonds is 5. The third-order valence-corrected chi connectivity index (χ3v) is 6.97. The molecule has 176 valence electrons. The second-order valence-corrected chi connectivity index (χ2v) is 9.24. The van der Waals surface area contributed by atoms with Gasteiger partial charge in [0.05, 0.1) is 17.1 Å². The van der Waals surface area contributed by atoms with Crippen LogP contribution < -0.4 is 5.69 Å². The van der Waals surface area contributed by atoms with Gasteiger partial charge in [0.25, 0.3) is 0 Å². The Morgan fingerprint density at radius 3 is 2.68 bits per heavy atom. The van der Waals surface area contributed by atoms with Crippen LogP contribution in [0.1, 0.15) is 94.4 Å². The minimum atomic E-state index is -0.298. The number of allylic oxidation sites excluding steroid dienone is 2. The number of benzene rings is 1. The third-order valence-electron chi connectivity index (χ3n) is 6.97. The number of nitrogens with zero attached hydrogens (tertiary/aromatic N) is 1. The van der Waals surface area contributed by atoms with Crippen molar-refractivity contribution < 1.29 is 12.0 Å². The van der Waals surface area contributed by atoms with E-state index in [1.54, 1.807) is 10.6 Å². The summed E-state index contributed by atoms with van der Waals surface area (Å²) in [6.07, 6.45) is 12.6. The summed E-state index contributed by atoms with van der Waals surface area (Å²) in [5.41, 5.74) is 3.17. The number of H-pyrrole nitrogens is 1. The van der Waals surface area contributed by atoms with Gasteiger partial charge >= 0.3 is 5.69 Å². The molecule has 0 saturated heterocycles. The number of hydrogen-bond acceptors (Lipinski definition) is 2. The van der Waals surface area contributed by atoms with Crippen molar-refractivity contribution >= 4 is 11.0 Å². The van der Waals surface area contributed by atoms with Crippen molar-refractivity contribution in [2.24, 2.45) is 5.41 Å². The van der Waals surface area contributed by atoms with Crippen LogP contribution in [0.25, 0.3) is 11.0 Å². The normalized spacial score (nSPS) is 26.7. The first-order chi connectivity index (χ1) is 15.0. The first kappa shape index (κ1) is 23.8. The SMILES string of the molecule is CC.CCOC1CCC(C)(CC2=CCCC(n3c(=O)[nH]c4ccc(F)cc43)CC2)CC1.[HH].[HH]. The van der Waals surface area contributed by atoms with E-state index in [0.717, 1.165) is 51.6 Å². The van der Waals surface area contributed by atoms with E-state index < -0.39 is 0 Å². The van der Waals surface area contributed by atoms with Crippen LogP contribution in [0.2, 0.25) is 0 Å². The van der Waals surface area contributed by atoms with E-state index in [1.807, 2.05) is 13.8 Å². The summed E-state index contributed by atoms with van der Waals surface area (Å²) >= 11 is 0. The fourth-order valence-electron chi connectivity index (χ4n) is 5.37. The molecule has 1 N–H and O–H groups in total. The Kier molecular flexibility index (Phi) is 8.15. The molecule has 4 rings (SSSR count). The van der Waals surface area contributed by atoms with Gasteiger partial charge < -0.3 is 9.72 Å². The minimum absolute atomic E-state index is 0. The van der Waals surface area contributed by atoms with Gasteiger partial charge in [0.1, 0.15) is 5.82 Å². The molecule has 1 saturated carbocycles. The predicted molar refractivity (Wildman–Crippen MR) is 130 cm³/mol. The lowest BCUT2D eigenvalue weighted by molar-refractivity contribution is 0.00675. The summed E-state index contributed by atoms with van der Waals surface area (Å²) in [5, 5.41) is 0. The van der Waals surface area contributed by atoms with Crippen LogP contribution in [0.4, 0.5) is 4.39 Å². The maximum absolute atomic E-state index is 13.8. The van der Waals surface area contributed by atoms with Crippen molar-refractivity contribution in [2.75, 3.05) is 6.61 Å². The molecule has 1 unspecified atom stereocenters. The Bertz CT molecular complexity index is 945. The minimum Gasteiger partial charge on any atom is -0.379 e. The fraction of sp³-hybridized carbons (Fsp3) is 0.654. The zero-order valence-corrected chi connectivity index (χ0v) is 19.7. The average molecular weight is 435 g/mol. The van der Waals surface area contributed by atoms with Gasteiger partial charge in [-0.3, -0.25) is 4.57 Å². The van der Waals surface area contributed by atoms with Crippen LogP contribution in [0, 0.1) is 11.2 Å². The molecule has 1 aromatic carbocycles. The third kappa shape index (κ3) is 5.68. The highest BCUT2D eigenvalue weighted by atomic mass is 19.1.